The van der Waals surface area contributed by atoms with E-state index in [9.17, 15) is 4.79 Å². The van der Waals surface area contributed by atoms with E-state index in [4.69, 9.17) is 17.0 Å². The van der Waals surface area contributed by atoms with Crippen molar-refractivity contribution in [3.05, 3.63) is 40.4 Å². The molecule has 0 fully saturated rings. The van der Waals surface area contributed by atoms with Gasteiger partial charge in [-0.2, -0.15) is 5.10 Å². The van der Waals surface area contributed by atoms with Crippen molar-refractivity contribution in [3.63, 3.8) is 0 Å². The predicted molar refractivity (Wildman–Crippen MR) is 98.1 cm³/mol. The van der Waals surface area contributed by atoms with Crippen molar-refractivity contribution in [1.29, 1.82) is 0 Å². The number of amides is 1. The Kier molecular flexibility index (Phi) is 4.94. The number of ether oxygens (including phenoxy) is 1. The first-order chi connectivity index (χ1) is 11.9. The van der Waals surface area contributed by atoms with Gasteiger partial charge in [0.15, 0.2) is 4.77 Å². The Morgan fingerprint density at radius 3 is 3.00 bits per heavy atom. The first-order valence-corrected chi connectivity index (χ1v) is 9.02. The van der Waals surface area contributed by atoms with Gasteiger partial charge >= 0.3 is 0 Å². The molecule has 6 nitrogen and oxygen atoms in total. The SMILES string of the molecule is CCCc1n[nH]c(=S)n1CC(=O)N[C@@H]1CC(C)(C)Oc2ccccc21. The second kappa shape index (κ2) is 7.00. The minimum Gasteiger partial charge on any atom is -0.487 e. The number of rotatable bonds is 5. The molecule has 1 atom stereocenters. The van der Waals surface area contributed by atoms with E-state index >= 15 is 0 Å². The Balaban J connectivity index is 1.77. The van der Waals surface area contributed by atoms with Crippen LogP contribution in [0.4, 0.5) is 0 Å². The van der Waals surface area contributed by atoms with Gasteiger partial charge in [0.1, 0.15) is 23.7 Å². The zero-order valence-corrected chi connectivity index (χ0v) is 15.7. The third-order valence-electron chi connectivity index (χ3n) is 4.32. The number of aryl methyl sites for hydroxylation is 1. The molecular formula is C18H24N4O2S. The van der Waals surface area contributed by atoms with Gasteiger partial charge in [-0.3, -0.25) is 14.5 Å². The van der Waals surface area contributed by atoms with Crippen molar-refractivity contribution in [3.8, 4) is 5.75 Å². The molecule has 1 aliphatic rings. The van der Waals surface area contributed by atoms with Crippen LogP contribution in [0.1, 0.15) is 51.0 Å². The van der Waals surface area contributed by atoms with Crippen LogP contribution in [-0.4, -0.2) is 26.3 Å². The number of H-pyrrole nitrogens is 1. The van der Waals surface area contributed by atoms with Crippen LogP contribution in [0, 0.1) is 4.77 Å². The van der Waals surface area contributed by atoms with Crippen molar-refractivity contribution in [2.45, 2.75) is 58.2 Å². The van der Waals surface area contributed by atoms with Crippen molar-refractivity contribution < 1.29 is 9.53 Å². The topological polar surface area (TPSA) is 71.9 Å². The third-order valence-corrected chi connectivity index (χ3v) is 4.64. The maximum atomic E-state index is 12.6. The monoisotopic (exact) mass is 360 g/mol. The molecule has 1 aromatic carbocycles. The molecule has 2 aromatic rings. The average molecular weight is 360 g/mol. The van der Waals surface area contributed by atoms with Gasteiger partial charge in [0.05, 0.1) is 6.04 Å². The van der Waals surface area contributed by atoms with Crippen molar-refractivity contribution in [2.75, 3.05) is 0 Å². The van der Waals surface area contributed by atoms with Gasteiger partial charge in [-0.25, -0.2) is 0 Å². The molecule has 0 unspecified atom stereocenters. The molecule has 134 valence electrons. The molecule has 7 heteroatoms. The highest BCUT2D eigenvalue weighted by molar-refractivity contribution is 7.71. The summed E-state index contributed by atoms with van der Waals surface area (Å²) in [4.78, 5) is 12.6. The smallest absolute Gasteiger partial charge is 0.240 e. The van der Waals surface area contributed by atoms with Gasteiger partial charge in [-0.05, 0) is 38.6 Å². The Morgan fingerprint density at radius 1 is 1.48 bits per heavy atom. The summed E-state index contributed by atoms with van der Waals surface area (Å²) in [6.07, 6.45) is 2.45. The number of carbonyl (C=O) groups is 1. The van der Waals surface area contributed by atoms with Crippen LogP contribution >= 0.6 is 12.2 Å². The van der Waals surface area contributed by atoms with E-state index in [0.29, 0.717) is 11.2 Å². The zero-order chi connectivity index (χ0) is 18.0. The first-order valence-electron chi connectivity index (χ1n) is 8.61. The predicted octanol–water partition coefficient (Wildman–Crippen LogP) is 3.31. The van der Waals surface area contributed by atoms with Gasteiger partial charge in [0, 0.05) is 18.4 Å². The Morgan fingerprint density at radius 2 is 2.24 bits per heavy atom. The highest BCUT2D eigenvalue weighted by Gasteiger charge is 2.34. The van der Waals surface area contributed by atoms with E-state index in [-0.39, 0.29) is 24.1 Å². The molecule has 0 bridgehead atoms. The number of aromatic nitrogens is 3. The molecule has 0 saturated heterocycles. The summed E-state index contributed by atoms with van der Waals surface area (Å²) in [5, 5.41) is 10.1. The molecule has 1 aliphatic heterocycles. The molecule has 2 N–H and O–H groups in total. The molecule has 2 heterocycles. The largest absolute Gasteiger partial charge is 0.487 e. The second-order valence-electron chi connectivity index (χ2n) is 7.00. The standard InChI is InChI=1S/C18H24N4O2S/c1-4-7-15-20-21-17(25)22(15)11-16(23)19-13-10-18(2,3)24-14-9-6-5-8-12(13)14/h5-6,8-9,13H,4,7,10-11H2,1-3H3,(H,19,23)(H,21,25)/t13-/m1/s1. The zero-order valence-electron chi connectivity index (χ0n) is 14.8. The van der Waals surface area contributed by atoms with Crippen LogP contribution in [-0.2, 0) is 17.8 Å². The number of para-hydroxylation sites is 1. The Hall–Kier alpha value is -2.15. The van der Waals surface area contributed by atoms with Crippen molar-refractivity contribution >= 4 is 18.1 Å². The average Bonchev–Trinajstić information content (AvgIpc) is 2.87. The lowest BCUT2D eigenvalue weighted by Crippen LogP contribution is -2.42. The fraction of sp³-hybridized carbons (Fsp3) is 0.500. The van der Waals surface area contributed by atoms with E-state index in [2.05, 4.69) is 22.4 Å². The quantitative estimate of drug-likeness (QED) is 0.803. The molecule has 0 aliphatic carbocycles. The van der Waals surface area contributed by atoms with E-state index in [1.807, 2.05) is 38.1 Å². The first kappa shape index (κ1) is 17.7. The highest BCUT2D eigenvalue weighted by Crippen LogP contribution is 2.39. The molecule has 0 radical (unpaired) electrons. The normalized spacial score (nSPS) is 18.3. The minimum atomic E-state index is -0.328. The number of hydrogen-bond acceptors (Lipinski definition) is 4. The molecule has 1 aromatic heterocycles. The third kappa shape index (κ3) is 3.92. The molecule has 0 saturated carbocycles. The summed E-state index contributed by atoms with van der Waals surface area (Å²) >= 11 is 5.25. The van der Waals surface area contributed by atoms with Gasteiger partial charge in [0.25, 0.3) is 0 Å². The molecule has 1 amide bonds. The van der Waals surface area contributed by atoms with E-state index in [1.54, 1.807) is 4.57 Å². The maximum Gasteiger partial charge on any atom is 0.240 e. The molecule has 3 rings (SSSR count). The summed E-state index contributed by atoms with van der Waals surface area (Å²) in [5.41, 5.74) is 0.686. The fourth-order valence-electron chi connectivity index (χ4n) is 3.24. The Labute approximate surface area is 152 Å². The van der Waals surface area contributed by atoms with Crippen LogP contribution in [0.15, 0.2) is 24.3 Å². The molecular weight excluding hydrogens is 336 g/mol. The van der Waals surface area contributed by atoms with Crippen LogP contribution in [0.25, 0.3) is 0 Å². The number of aromatic amines is 1. The summed E-state index contributed by atoms with van der Waals surface area (Å²) in [6.45, 7) is 6.31. The lowest BCUT2D eigenvalue weighted by atomic mass is 9.89. The van der Waals surface area contributed by atoms with Gasteiger partial charge in [-0.1, -0.05) is 25.1 Å². The number of carbonyl (C=O) groups excluding carboxylic acids is 1. The maximum absolute atomic E-state index is 12.6. The van der Waals surface area contributed by atoms with Gasteiger partial charge < -0.3 is 10.1 Å². The number of benzene rings is 1. The Bertz CT molecular complexity index is 824. The van der Waals surface area contributed by atoms with E-state index in [0.717, 1.165) is 30.0 Å². The summed E-state index contributed by atoms with van der Waals surface area (Å²) in [5.74, 6) is 1.57. The number of nitrogens with one attached hydrogen (secondary N) is 2. The molecule has 0 spiro atoms. The van der Waals surface area contributed by atoms with Crippen LogP contribution in [0.5, 0.6) is 5.75 Å². The fourth-order valence-corrected chi connectivity index (χ4v) is 3.46. The summed E-state index contributed by atoms with van der Waals surface area (Å²) in [7, 11) is 0. The number of nitrogens with zero attached hydrogens (tertiary/aromatic N) is 2. The highest BCUT2D eigenvalue weighted by atomic mass is 32.1. The van der Waals surface area contributed by atoms with Crippen LogP contribution in [0.3, 0.4) is 0 Å². The lowest BCUT2D eigenvalue weighted by molar-refractivity contribution is -0.123. The summed E-state index contributed by atoms with van der Waals surface area (Å²) < 4.78 is 8.27. The van der Waals surface area contributed by atoms with Gasteiger partial charge in [0.2, 0.25) is 5.91 Å². The van der Waals surface area contributed by atoms with Crippen molar-refractivity contribution in [1.82, 2.24) is 20.1 Å². The second-order valence-corrected chi connectivity index (χ2v) is 7.39. The van der Waals surface area contributed by atoms with E-state index < -0.39 is 0 Å². The lowest BCUT2D eigenvalue weighted by Gasteiger charge is -2.37. The minimum absolute atomic E-state index is 0.0765. The number of hydrogen-bond donors (Lipinski definition) is 2. The van der Waals surface area contributed by atoms with Gasteiger partial charge in [-0.15, -0.1) is 0 Å². The van der Waals surface area contributed by atoms with E-state index in [1.165, 1.54) is 0 Å². The van der Waals surface area contributed by atoms with Crippen LogP contribution in [0.2, 0.25) is 0 Å². The summed E-state index contributed by atoms with van der Waals surface area (Å²) in [6, 6.07) is 7.78. The number of fused-ring (bicyclic) bond motifs is 1. The molecule has 25 heavy (non-hydrogen) atoms. The van der Waals surface area contributed by atoms with Crippen LogP contribution < -0.4 is 10.1 Å². The van der Waals surface area contributed by atoms with Crippen molar-refractivity contribution in [2.24, 2.45) is 0 Å².